The summed E-state index contributed by atoms with van der Waals surface area (Å²) in [7, 11) is 9.84. The highest BCUT2D eigenvalue weighted by atomic mass is 35.5. The van der Waals surface area contributed by atoms with E-state index < -0.39 is 161 Å². The lowest BCUT2D eigenvalue weighted by molar-refractivity contribution is -0.157. The van der Waals surface area contributed by atoms with E-state index >= 15 is 14.4 Å². The van der Waals surface area contributed by atoms with Crippen LogP contribution in [0.3, 0.4) is 0 Å². The highest BCUT2D eigenvalue weighted by Gasteiger charge is 2.46. The van der Waals surface area contributed by atoms with Gasteiger partial charge in [-0.2, -0.15) is 0 Å². The van der Waals surface area contributed by atoms with Gasteiger partial charge in [0.15, 0.2) is 0 Å². The number of hydrogen-bond donors (Lipinski definition) is 5. The second kappa shape index (κ2) is 36.7. The molecule has 1 saturated heterocycles. The lowest BCUT2D eigenvalue weighted by Gasteiger charge is -2.41. The fraction of sp³-hybridized carbons (Fsp3) is 0.797. The second-order valence-electron chi connectivity index (χ2n) is 26.8. The van der Waals surface area contributed by atoms with Gasteiger partial charge in [-0.25, -0.2) is 0 Å². The molecule has 1 rings (SSSR count). The first-order chi connectivity index (χ1) is 40.7. The van der Waals surface area contributed by atoms with Crippen molar-refractivity contribution in [1.29, 1.82) is 0 Å². The molecule has 1 fully saturated rings. The molecule has 88 heavy (non-hydrogen) atoms. The summed E-state index contributed by atoms with van der Waals surface area (Å²) in [6.45, 7) is 30.0. The highest BCUT2D eigenvalue weighted by Crippen LogP contribution is 2.26. The first-order valence-electron chi connectivity index (χ1n) is 31.6. The Kier molecular flexibility index (Phi) is 33.5. The third-order valence-electron chi connectivity index (χ3n) is 16.9. The van der Waals surface area contributed by atoms with Crippen molar-refractivity contribution in [3.8, 4) is 0 Å². The van der Waals surface area contributed by atoms with Crippen molar-refractivity contribution < 1.29 is 57.8 Å². The zero-order valence-electron chi connectivity index (χ0n) is 57.7. The summed E-state index contributed by atoms with van der Waals surface area (Å²) in [5.74, 6) is -10.3. The standard InChI is InChI=1S/C64H114ClN11O12/c1-25-27-28-41(15)53(77)52-57(81)68-44(26-2)59(83)74(22)49(34-65)62(86)71(19)46(31-36(5)6)56(80)69-50(39(11)12)63(87)70(18)45(30-29-35(3)4)55(79)66-42(16)54(78)67-43(17)58(82)72(20)47(32-37(7)8)60(84)73(21)48(33-38(9)10)61(85)75(23)51(40(13)14)64(88)76(52)24/h25,27,35-53,77H,26,28-34H2,1-24H3,(H,66,79)(H,67,78)(H,68,81)(H,69,80)/b27-25+/t41-,42-,43+,44-,45-,46+,47+,48+,49?,50-,51+,52+,53-/m1/s1. The Bertz CT molecular complexity index is 2400. The molecule has 1 heterocycles. The van der Waals surface area contributed by atoms with Gasteiger partial charge in [0.05, 0.1) is 12.0 Å². The van der Waals surface area contributed by atoms with Crippen LogP contribution in [0, 0.1) is 41.4 Å². The van der Waals surface area contributed by atoms with Crippen molar-refractivity contribution in [2.45, 2.75) is 235 Å². The minimum Gasteiger partial charge on any atom is -0.390 e. The largest absolute Gasteiger partial charge is 0.390 e. The molecule has 504 valence electrons. The van der Waals surface area contributed by atoms with Gasteiger partial charge in [-0.15, -0.1) is 11.6 Å². The number of amides is 11. The van der Waals surface area contributed by atoms with E-state index in [0.717, 1.165) is 9.80 Å². The van der Waals surface area contributed by atoms with Crippen LogP contribution in [0.2, 0.25) is 0 Å². The summed E-state index contributed by atoms with van der Waals surface area (Å²) in [5.41, 5.74) is 0. The average Bonchev–Trinajstić information content (AvgIpc) is 2.54. The summed E-state index contributed by atoms with van der Waals surface area (Å²) in [5, 5.41) is 23.2. The fourth-order valence-corrected chi connectivity index (χ4v) is 11.4. The van der Waals surface area contributed by atoms with Crippen LogP contribution < -0.4 is 21.3 Å². The molecular weight excluding hydrogens is 1150 g/mol. The first-order valence-corrected chi connectivity index (χ1v) is 32.1. The quantitative estimate of drug-likeness (QED) is 0.101. The Hall–Kier alpha value is -5.84. The van der Waals surface area contributed by atoms with Crippen LogP contribution in [0.25, 0.3) is 0 Å². The summed E-state index contributed by atoms with van der Waals surface area (Å²) in [6.07, 6.45) is 3.38. The molecule has 0 aromatic heterocycles. The maximum Gasteiger partial charge on any atom is 0.247 e. The molecule has 0 aliphatic carbocycles. The van der Waals surface area contributed by atoms with Crippen molar-refractivity contribution in [3.63, 3.8) is 0 Å². The Morgan fingerprint density at radius 2 is 0.875 bits per heavy atom. The van der Waals surface area contributed by atoms with Crippen molar-refractivity contribution in [2.24, 2.45) is 41.4 Å². The zero-order chi connectivity index (χ0) is 68.3. The van der Waals surface area contributed by atoms with Gasteiger partial charge >= 0.3 is 0 Å². The van der Waals surface area contributed by atoms with Crippen LogP contribution >= 0.6 is 11.6 Å². The number of nitrogens with one attached hydrogen (secondary N) is 4. The highest BCUT2D eigenvalue weighted by molar-refractivity contribution is 6.20. The average molecular weight is 1270 g/mol. The molecule has 0 spiro atoms. The molecule has 0 aromatic rings. The minimum absolute atomic E-state index is 0.0235. The van der Waals surface area contributed by atoms with Gasteiger partial charge in [0, 0.05) is 49.3 Å². The van der Waals surface area contributed by atoms with Crippen molar-refractivity contribution in [3.05, 3.63) is 12.2 Å². The number of allylic oxidation sites excluding steroid dienone is 2. The Balaban J connectivity index is 4.43. The maximum absolute atomic E-state index is 15.2. The molecule has 11 amide bonds. The molecule has 1 aliphatic rings. The molecule has 5 N–H and O–H groups in total. The Labute approximate surface area is 531 Å². The summed E-state index contributed by atoms with van der Waals surface area (Å²) in [4.78, 5) is 170. The van der Waals surface area contributed by atoms with Crippen LogP contribution in [-0.2, 0) is 52.7 Å². The van der Waals surface area contributed by atoms with E-state index in [4.69, 9.17) is 11.6 Å². The van der Waals surface area contributed by atoms with Crippen LogP contribution in [0.5, 0.6) is 0 Å². The summed E-state index contributed by atoms with van der Waals surface area (Å²) < 4.78 is 0. The molecule has 13 atom stereocenters. The molecular formula is C64H114ClN11O12. The number of halogens is 1. The number of carbonyl (C=O) groups excluding carboxylic acids is 11. The predicted molar refractivity (Wildman–Crippen MR) is 343 cm³/mol. The third-order valence-corrected chi connectivity index (χ3v) is 17.1. The molecule has 0 saturated carbocycles. The topological polar surface area (TPSA) is 279 Å². The zero-order valence-corrected chi connectivity index (χ0v) is 58.5. The van der Waals surface area contributed by atoms with Crippen molar-refractivity contribution >= 4 is 76.6 Å². The first kappa shape index (κ1) is 80.2. The number of carbonyl (C=O) groups is 11. The second-order valence-corrected chi connectivity index (χ2v) is 27.1. The van der Waals surface area contributed by atoms with Gasteiger partial charge in [-0.1, -0.05) is 109 Å². The Morgan fingerprint density at radius 1 is 0.455 bits per heavy atom. The van der Waals surface area contributed by atoms with Crippen LogP contribution in [0.15, 0.2) is 12.2 Å². The SMILES string of the molecule is C/C=C/C[C@@H](C)[C@@H](O)[C@H]1C(=O)N[C@H](CC)C(=O)N(C)C(CCl)C(=O)N(C)[C@@H](CC(C)C)C(=O)N[C@H](C(C)C)C(=O)N(C)[C@H](CCC(C)C)C(=O)N[C@H](C)C(=O)N[C@@H](C)C(=O)N(C)[C@@H](CC(C)C)C(=O)N(C)[C@@H](CC(C)C)C(=O)N(C)[C@@H](C(C)C)C(=O)N1C. The van der Waals surface area contributed by atoms with E-state index in [2.05, 4.69) is 21.3 Å². The number of hydrogen-bond acceptors (Lipinski definition) is 12. The van der Waals surface area contributed by atoms with Gasteiger partial charge in [-0.05, 0) is 107 Å². The Morgan fingerprint density at radius 3 is 1.33 bits per heavy atom. The van der Waals surface area contributed by atoms with Crippen molar-refractivity contribution in [1.82, 2.24) is 55.6 Å². The smallest absolute Gasteiger partial charge is 0.247 e. The van der Waals surface area contributed by atoms with E-state index in [0.29, 0.717) is 12.8 Å². The molecule has 0 bridgehead atoms. The monoisotopic (exact) mass is 1260 g/mol. The normalized spacial score (nSPS) is 27.2. The fourth-order valence-electron chi connectivity index (χ4n) is 11.1. The minimum atomic E-state index is -1.64. The molecule has 1 aliphatic heterocycles. The van der Waals surface area contributed by atoms with Gasteiger partial charge in [0.2, 0.25) is 65.0 Å². The van der Waals surface area contributed by atoms with Crippen LogP contribution in [0.1, 0.15) is 163 Å². The third kappa shape index (κ3) is 22.0. The number of likely N-dealkylation sites (N-methyl/N-ethyl adjacent to an activating group) is 7. The van der Waals surface area contributed by atoms with Gasteiger partial charge in [-0.3, -0.25) is 52.7 Å². The number of aliphatic hydroxyl groups is 1. The molecule has 1 unspecified atom stereocenters. The maximum atomic E-state index is 15.2. The van der Waals surface area contributed by atoms with Crippen LogP contribution in [0.4, 0.5) is 0 Å². The summed E-state index contributed by atoms with van der Waals surface area (Å²) >= 11 is 6.55. The predicted octanol–water partition coefficient (Wildman–Crippen LogP) is 4.27. The number of aliphatic hydroxyl groups excluding tert-OH is 1. The van der Waals surface area contributed by atoms with E-state index in [9.17, 15) is 43.5 Å². The van der Waals surface area contributed by atoms with E-state index in [-0.39, 0.29) is 55.8 Å². The molecule has 23 nitrogen and oxygen atoms in total. The lowest BCUT2D eigenvalue weighted by atomic mass is 9.91. The van der Waals surface area contributed by atoms with E-state index in [1.54, 1.807) is 60.6 Å². The molecule has 0 aromatic carbocycles. The van der Waals surface area contributed by atoms with Crippen molar-refractivity contribution in [2.75, 3.05) is 55.2 Å². The lowest BCUT2D eigenvalue weighted by Crippen LogP contribution is -2.64. The van der Waals surface area contributed by atoms with E-state index in [1.165, 1.54) is 87.7 Å². The number of rotatable bonds is 17. The number of alkyl halides is 1. The van der Waals surface area contributed by atoms with Gasteiger partial charge in [0.25, 0.3) is 0 Å². The van der Waals surface area contributed by atoms with Gasteiger partial charge < -0.3 is 60.7 Å². The molecule has 24 heteroatoms. The van der Waals surface area contributed by atoms with Gasteiger partial charge in [0.1, 0.15) is 66.5 Å². The number of nitrogens with zero attached hydrogens (tertiary/aromatic N) is 7. The molecule has 0 radical (unpaired) electrons. The van der Waals surface area contributed by atoms with E-state index in [1.807, 2.05) is 55.4 Å². The van der Waals surface area contributed by atoms with Crippen LogP contribution in [-0.4, -0.2) is 232 Å². The summed E-state index contributed by atoms with van der Waals surface area (Å²) in [6, 6.07) is -14.0.